The standard InChI is InChI=1S/C27H42N4O7/c1-9-17-10-12-18(13-11-17)22(23(34)29-16-21(33)37-8)31(26(2,3)4)24(35)19(14-15-20(28)32)30-25(36)38-27(5,6)7/h10-13,19,22H,9,14-16H2,1-8H3,(H2,28,32)(H,29,34)(H,30,36). The number of rotatable bonds is 11. The predicted molar refractivity (Wildman–Crippen MR) is 142 cm³/mol. The minimum Gasteiger partial charge on any atom is -0.468 e. The quantitative estimate of drug-likeness (QED) is 0.368. The molecule has 2 atom stereocenters. The Hall–Kier alpha value is -3.63. The Morgan fingerprint density at radius 3 is 2.03 bits per heavy atom. The second-order valence-electron chi connectivity index (χ2n) is 10.9. The first-order chi connectivity index (χ1) is 17.5. The van der Waals surface area contributed by atoms with Crippen molar-refractivity contribution in [2.75, 3.05) is 13.7 Å². The molecular formula is C27H42N4O7. The van der Waals surface area contributed by atoms with Crippen LogP contribution in [-0.2, 0) is 35.1 Å². The number of carbonyl (C=O) groups is 5. The first kappa shape index (κ1) is 32.4. The van der Waals surface area contributed by atoms with Crippen LogP contribution in [0, 0.1) is 0 Å². The number of methoxy groups -OCH3 is 1. The summed E-state index contributed by atoms with van der Waals surface area (Å²) in [5.41, 5.74) is 5.09. The summed E-state index contributed by atoms with van der Waals surface area (Å²) in [6.07, 6.45) is -0.371. The van der Waals surface area contributed by atoms with Crippen LogP contribution < -0.4 is 16.4 Å². The first-order valence-corrected chi connectivity index (χ1v) is 12.5. The number of hydrogen-bond donors (Lipinski definition) is 3. The van der Waals surface area contributed by atoms with Gasteiger partial charge in [-0.3, -0.25) is 19.2 Å². The van der Waals surface area contributed by atoms with E-state index in [0.717, 1.165) is 12.0 Å². The fraction of sp³-hybridized carbons (Fsp3) is 0.593. The Balaban J connectivity index is 3.57. The number of carbonyl (C=O) groups excluding carboxylic acids is 5. The molecule has 0 spiro atoms. The van der Waals surface area contributed by atoms with Crippen molar-refractivity contribution in [3.05, 3.63) is 35.4 Å². The van der Waals surface area contributed by atoms with Crippen LogP contribution in [0.25, 0.3) is 0 Å². The Morgan fingerprint density at radius 1 is 1.00 bits per heavy atom. The van der Waals surface area contributed by atoms with Gasteiger partial charge in [-0.15, -0.1) is 0 Å². The summed E-state index contributed by atoms with van der Waals surface area (Å²) >= 11 is 0. The Bertz CT molecular complexity index is 994. The van der Waals surface area contributed by atoms with Crippen LogP contribution >= 0.6 is 0 Å². The van der Waals surface area contributed by atoms with Crippen LogP contribution in [0.15, 0.2) is 24.3 Å². The highest BCUT2D eigenvalue weighted by Gasteiger charge is 2.42. The topological polar surface area (TPSA) is 157 Å². The van der Waals surface area contributed by atoms with Gasteiger partial charge in [-0.25, -0.2) is 4.79 Å². The van der Waals surface area contributed by atoms with Gasteiger partial charge in [0.1, 0.15) is 24.2 Å². The summed E-state index contributed by atoms with van der Waals surface area (Å²) < 4.78 is 9.95. The maximum atomic E-state index is 14.1. The van der Waals surface area contributed by atoms with Crippen molar-refractivity contribution in [2.45, 2.75) is 91.0 Å². The summed E-state index contributed by atoms with van der Waals surface area (Å²) in [7, 11) is 1.20. The molecule has 2 unspecified atom stereocenters. The van der Waals surface area contributed by atoms with E-state index in [4.69, 9.17) is 10.5 Å². The molecule has 212 valence electrons. The zero-order chi connectivity index (χ0) is 29.3. The number of esters is 1. The van der Waals surface area contributed by atoms with Crippen LogP contribution in [0.1, 0.15) is 78.5 Å². The number of alkyl carbamates (subject to hydrolysis) is 1. The molecule has 1 rings (SSSR count). The number of primary amides is 1. The van der Waals surface area contributed by atoms with Crippen molar-refractivity contribution >= 4 is 29.8 Å². The van der Waals surface area contributed by atoms with Gasteiger partial charge in [0, 0.05) is 12.0 Å². The van der Waals surface area contributed by atoms with Gasteiger partial charge in [-0.05, 0) is 65.5 Å². The molecule has 0 fully saturated rings. The van der Waals surface area contributed by atoms with E-state index in [1.807, 2.05) is 19.1 Å². The molecule has 0 aromatic heterocycles. The molecule has 11 nitrogen and oxygen atoms in total. The summed E-state index contributed by atoms with van der Waals surface area (Å²) in [4.78, 5) is 64.8. The van der Waals surface area contributed by atoms with Gasteiger partial charge < -0.3 is 30.7 Å². The fourth-order valence-corrected chi connectivity index (χ4v) is 3.69. The second kappa shape index (κ2) is 13.8. The van der Waals surface area contributed by atoms with Crippen molar-refractivity contribution < 1.29 is 33.4 Å². The van der Waals surface area contributed by atoms with Gasteiger partial charge in [-0.1, -0.05) is 31.2 Å². The number of amides is 4. The number of nitrogens with zero attached hydrogens (tertiary/aromatic N) is 1. The van der Waals surface area contributed by atoms with E-state index in [9.17, 15) is 24.0 Å². The Morgan fingerprint density at radius 2 is 1.58 bits per heavy atom. The molecule has 0 aliphatic carbocycles. The molecule has 4 N–H and O–H groups in total. The lowest BCUT2D eigenvalue weighted by atomic mass is 9.94. The summed E-state index contributed by atoms with van der Waals surface area (Å²) in [6.45, 7) is 11.8. The predicted octanol–water partition coefficient (Wildman–Crippen LogP) is 2.37. The Labute approximate surface area is 224 Å². The van der Waals surface area contributed by atoms with E-state index in [1.165, 1.54) is 12.0 Å². The molecule has 1 aromatic carbocycles. The molecule has 0 saturated carbocycles. The normalized spacial score (nSPS) is 13.1. The smallest absolute Gasteiger partial charge is 0.408 e. The molecule has 4 amide bonds. The minimum absolute atomic E-state index is 0.106. The number of benzene rings is 1. The van der Waals surface area contributed by atoms with Crippen molar-refractivity contribution in [1.29, 1.82) is 0 Å². The Kier molecular flexibility index (Phi) is 11.8. The second-order valence-corrected chi connectivity index (χ2v) is 10.9. The zero-order valence-electron chi connectivity index (χ0n) is 23.7. The fourth-order valence-electron chi connectivity index (χ4n) is 3.69. The monoisotopic (exact) mass is 534 g/mol. The maximum absolute atomic E-state index is 14.1. The highest BCUT2D eigenvalue weighted by atomic mass is 16.6. The third kappa shape index (κ3) is 10.4. The molecule has 0 aliphatic heterocycles. The van der Waals surface area contributed by atoms with Crippen molar-refractivity contribution in [1.82, 2.24) is 15.5 Å². The number of aryl methyl sites for hydroxylation is 1. The lowest BCUT2D eigenvalue weighted by molar-refractivity contribution is -0.149. The van der Waals surface area contributed by atoms with Crippen molar-refractivity contribution in [3.63, 3.8) is 0 Å². The molecule has 0 radical (unpaired) electrons. The van der Waals surface area contributed by atoms with Gasteiger partial charge in [0.2, 0.25) is 17.7 Å². The molecule has 0 saturated heterocycles. The van der Waals surface area contributed by atoms with Crippen LogP contribution in [0.5, 0.6) is 0 Å². The summed E-state index contributed by atoms with van der Waals surface area (Å²) in [5.74, 6) is -2.55. The van der Waals surface area contributed by atoms with E-state index in [0.29, 0.717) is 5.56 Å². The van der Waals surface area contributed by atoms with E-state index >= 15 is 0 Å². The van der Waals surface area contributed by atoms with Crippen LogP contribution in [0.3, 0.4) is 0 Å². The van der Waals surface area contributed by atoms with Gasteiger partial charge in [0.05, 0.1) is 7.11 Å². The van der Waals surface area contributed by atoms with Crippen molar-refractivity contribution in [3.8, 4) is 0 Å². The van der Waals surface area contributed by atoms with Gasteiger partial charge in [0.25, 0.3) is 0 Å². The van der Waals surface area contributed by atoms with Crippen LogP contribution in [0.2, 0.25) is 0 Å². The molecule has 1 aromatic rings. The number of nitrogens with one attached hydrogen (secondary N) is 2. The van der Waals surface area contributed by atoms with Gasteiger partial charge in [-0.2, -0.15) is 0 Å². The van der Waals surface area contributed by atoms with E-state index in [1.54, 1.807) is 53.7 Å². The van der Waals surface area contributed by atoms with E-state index in [-0.39, 0.29) is 12.8 Å². The van der Waals surface area contributed by atoms with Crippen LogP contribution in [-0.4, -0.2) is 65.5 Å². The van der Waals surface area contributed by atoms with E-state index in [2.05, 4.69) is 15.4 Å². The third-order valence-electron chi connectivity index (χ3n) is 5.47. The third-order valence-corrected chi connectivity index (χ3v) is 5.47. The first-order valence-electron chi connectivity index (χ1n) is 12.5. The highest BCUT2D eigenvalue weighted by Crippen LogP contribution is 2.31. The average molecular weight is 535 g/mol. The molecule has 0 bridgehead atoms. The number of ether oxygens (including phenoxy) is 2. The summed E-state index contributed by atoms with van der Waals surface area (Å²) in [5, 5.41) is 5.07. The molecular weight excluding hydrogens is 492 g/mol. The number of nitrogens with two attached hydrogens (primary N) is 1. The van der Waals surface area contributed by atoms with E-state index < -0.39 is 59.6 Å². The highest BCUT2D eigenvalue weighted by molar-refractivity contribution is 5.94. The lowest BCUT2D eigenvalue weighted by Gasteiger charge is -2.43. The zero-order valence-corrected chi connectivity index (χ0v) is 23.7. The van der Waals surface area contributed by atoms with Gasteiger partial charge in [0.15, 0.2) is 0 Å². The van der Waals surface area contributed by atoms with Gasteiger partial charge >= 0.3 is 12.1 Å². The molecule has 0 aliphatic rings. The molecule has 38 heavy (non-hydrogen) atoms. The SMILES string of the molecule is CCc1ccc(C(C(=O)NCC(=O)OC)N(C(=O)C(CCC(N)=O)NC(=O)OC(C)(C)C)C(C)(C)C)cc1. The van der Waals surface area contributed by atoms with Crippen LogP contribution in [0.4, 0.5) is 4.79 Å². The summed E-state index contributed by atoms with van der Waals surface area (Å²) in [6, 6.07) is 4.80. The lowest BCUT2D eigenvalue weighted by Crippen LogP contribution is -2.59. The average Bonchev–Trinajstić information content (AvgIpc) is 2.80. The molecule has 11 heteroatoms. The molecule has 0 heterocycles. The number of hydrogen-bond acceptors (Lipinski definition) is 7. The maximum Gasteiger partial charge on any atom is 0.408 e. The minimum atomic E-state index is -1.22. The van der Waals surface area contributed by atoms with Crippen molar-refractivity contribution in [2.24, 2.45) is 5.73 Å². The largest absolute Gasteiger partial charge is 0.468 e.